The number of rotatable bonds is 3. The first-order chi connectivity index (χ1) is 16.6. The summed E-state index contributed by atoms with van der Waals surface area (Å²) in [4.78, 5) is 4.75. The zero-order valence-electron chi connectivity index (χ0n) is 17.7. The first kappa shape index (κ1) is 20.5. The summed E-state index contributed by atoms with van der Waals surface area (Å²) in [7, 11) is 0. The third-order valence-corrected chi connectivity index (χ3v) is 6.15. The van der Waals surface area contributed by atoms with Gasteiger partial charge in [0.1, 0.15) is 11.6 Å². The predicted molar refractivity (Wildman–Crippen MR) is 132 cm³/mol. The summed E-state index contributed by atoms with van der Waals surface area (Å²) in [6, 6.07) is 24.2. The molecule has 2 aromatic heterocycles. The highest BCUT2D eigenvalue weighted by atomic mass is 35.5. The van der Waals surface area contributed by atoms with E-state index in [4.69, 9.17) is 16.6 Å². The van der Waals surface area contributed by atoms with Crippen molar-refractivity contribution in [2.45, 2.75) is 0 Å². The van der Waals surface area contributed by atoms with Gasteiger partial charge in [-0.05, 0) is 77.4 Å². The van der Waals surface area contributed by atoms with Crippen molar-refractivity contribution in [2.75, 3.05) is 0 Å². The van der Waals surface area contributed by atoms with Gasteiger partial charge in [-0.1, -0.05) is 35.9 Å². The van der Waals surface area contributed by atoms with Crippen LogP contribution in [-0.2, 0) is 0 Å². The Hall–Kier alpha value is -4.09. The van der Waals surface area contributed by atoms with Crippen LogP contribution in [0.5, 0.6) is 0 Å². The number of halogens is 3. The minimum atomic E-state index is -0.307. The molecule has 0 aliphatic carbocycles. The standard InChI is InChI=1S/C28H16ClF2N3/c29-21-5-11-24(12-6-21)34-28-20(16-33-34)15-32-27-25(18-3-9-23(31)10-4-18)13-19(14-26(27)28)17-1-7-22(30)8-2-17/h1-16H. The molecular weight excluding hydrogens is 452 g/mol. The van der Waals surface area contributed by atoms with Gasteiger partial charge in [-0.15, -0.1) is 0 Å². The Kier molecular flexibility index (Phi) is 4.85. The molecule has 0 saturated heterocycles. The van der Waals surface area contributed by atoms with Crippen LogP contribution in [0.15, 0.2) is 97.3 Å². The van der Waals surface area contributed by atoms with Crippen molar-refractivity contribution in [3.8, 4) is 27.9 Å². The fourth-order valence-corrected chi connectivity index (χ4v) is 4.38. The molecule has 0 spiro atoms. The monoisotopic (exact) mass is 467 g/mol. The molecule has 6 heteroatoms. The first-order valence-electron chi connectivity index (χ1n) is 10.7. The Balaban J connectivity index is 1.70. The van der Waals surface area contributed by atoms with Crippen molar-refractivity contribution < 1.29 is 8.78 Å². The van der Waals surface area contributed by atoms with Crippen LogP contribution < -0.4 is 0 Å². The molecule has 0 N–H and O–H groups in total. The Morgan fingerprint density at radius 2 is 1.32 bits per heavy atom. The number of benzene rings is 4. The van der Waals surface area contributed by atoms with E-state index in [0.717, 1.165) is 49.7 Å². The molecule has 34 heavy (non-hydrogen) atoms. The van der Waals surface area contributed by atoms with E-state index in [1.54, 1.807) is 36.7 Å². The summed E-state index contributed by atoms with van der Waals surface area (Å²) >= 11 is 6.09. The van der Waals surface area contributed by atoms with Gasteiger partial charge in [0.15, 0.2) is 0 Å². The van der Waals surface area contributed by atoms with E-state index in [2.05, 4.69) is 5.10 Å². The van der Waals surface area contributed by atoms with E-state index in [0.29, 0.717) is 5.02 Å². The van der Waals surface area contributed by atoms with Crippen LogP contribution in [-0.4, -0.2) is 14.8 Å². The van der Waals surface area contributed by atoms with Gasteiger partial charge in [0.25, 0.3) is 0 Å². The van der Waals surface area contributed by atoms with Crippen LogP contribution >= 0.6 is 11.6 Å². The number of aromatic nitrogens is 3. The van der Waals surface area contributed by atoms with Crippen molar-refractivity contribution in [1.82, 2.24) is 14.8 Å². The summed E-state index contributed by atoms with van der Waals surface area (Å²) in [6.07, 6.45) is 3.57. The third-order valence-electron chi connectivity index (χ3n) is 5.90. The normalized spacial score (nSPS) is 11.4. The number of nitrogens with zero attached hydrogens (tertiary/aromatic N) is 3. The Labute approximate surface area is 198 Å². The number of hydrogen-bond donors (Lipinski definition) is 0. The zero-order valence-corrected chi connectivity index (χ0v) is 18.5. The molecule has 0 aliphatic rings. The Bertz CT molecular complexity index is 1660. The second-order valence-corrected chi connectivity index (χ2v) is 8.47. The summed E-state index contributed by atoms with van der Waals surface area (Å²) < 4.78 is 29.1. The lowest BCUT2D eigenvalue weighted by molar-refractivity contribution is 0.627. The molecule has 0 radical (unpaired) electrons. The molecule has 0 amide bonds. The zero-order chi connectivity index (χ0) is 23.2. The largest absolute Gasteiger partial charge is 0.255 e. The predicted octanol–water partition coefficient (Wildman–Crippen LogP) is 7.84. The third kappa shape index (κ3) is 3.51. The lowest BCUT2D eigenvalue weighted by atomic mass is 9.95. The average Bonchev–Trinajstić information content (AvgIpc) is 3.30. The van der Waals surface area contributed by atoms with Gasteiger partial charge >= 0.3 is 0 Å². The van der Waals surface area contributed by atoms with Gasteiger partial charge in [0.2, 0.25) is 0 Å². The van der Waals surface area contributed by atoms with Crippen molar-refractivity contribution in [3.63, 3.8) is 0 Å². The van der Waals surface area contributed by atoms with Gasteiger partial charge in [-0.25, -0.2) is 13.5 Å². The second-order valence-electron chi connectivity index (χ2n) is 8.03. The van der Waals surface area contributed by atoms with Crippen molar-refractivity contribution in [3.05, 3.63) is 114 Å². The molecule has 2 heterocycles. The molecule has 6 rings (SSSR count). The molecule has 0 saturated carbocycles. The highest BCUT2D eigenvalue weighted by Crippen LogP contribution is 2.37. The van der Waals surface area contributed by atoms with E-state index >= 15 is 0 Å². The van der Waals surface area contributed by atoms with Crippen molar-refractivity contribution in [1.29, 1.82) is 0 Å². The molecule has 0 atom stereocenters. The van der Waals surface area contributed by atoms with Crippen molar-refractivity contribution in [2.24, 2.45) is 0 Å². The van der Waals surface area contributed by atoms with Gasteiger partial charge < -0.3 is 0 Å². The Morgan fingerprint density at radius 3 is 2.00 bits per heavy atom. The van der Waals surface area contributed by atoms with Crippen LogP contribution in [0.1, 0.15) is 0 Å². The van der Waals surface area contributed by atoms with Crippen LogP contribution in [0.3, 0.4) is 0 Å². The number of fused-ring (bicyclic) bond motifs is 3. The SMILES string of the molecule is Fc1ccc(-c2cc(-c3ccc(F)cc3)c3ncc4cnn(-c5ccc(Cl)cc5)c4c3c2)cc1. The molecule has 0 bridgehead atoms. The number of pyridine rings is 1. The maximum atomic E-state index is 13.7. The summed E-state index contributed by atoms with van der Waals surface area (Å²) in [5.41, 5.74) is 5.95. The smallest absolute Gasteiger partial charge is 0.123 e. The topological polar surface area (TPSA) is 30.7 Å². The molecule has 4 aromatic carbocycles. The molecule has 0 aliphatic heterocycles. The van der Waals surface area contributed by atoms with Gasteiger partial charge in [0, 0.05) is 27.6 Å². The molecule has 0 fully saturated rings. The fraction of sp³-hybridized carbons (Fsp3) is 0. The molecule has 164 valence electrons. The maximum Gasteiger partial charge on any atom is 0.123 e. The maximum absolute atomic E-state index is 13.7. The highest BCUT2D eigenvalue weighted by Gasteiger charge is 2.16. The fourth-order valence-electron chi connectivity index (χ4n) is 4.25. The van der Waals surface area contributed by atoms with Crippen molar-refractivity contribution >= 4 is 33.4 Å². The molecular formula is C28H16ClF2N3. The first-order valence-corrected chi connectivity index (χ1v) is 11.0. The van der Waals surface area contributed by atoms with E-state index in [-0.39, 0.29) is 11.6 Å². The highest BCUT2D eigenvalue weighted by molar-refractivity contribution is 6.30. The van der Waals surface area contributed by atoms with Gasteiger partial charge in [0.05, 0.1) is 22.9 Å². The molecule has 6 aromatic rings. The number of hydrogen-bond acceptors (Lipinski definition) is 2. The van der Waals surface area contributed by atoms with Gasteiger partial charge in [-0.2, -0.15) is 5.10 Å². The van der Waals surface area contributed by atoms with Crippen LogP contribution in [0.4, 0.5) is 8.78 Å². The van der Waals surface area contributed by atoms with Crippen LogP contribution in [0.2, 0.25) is 5.02 Å². The van der Waals surface area contributed by atoms with Gasteiger partial charge in [-0.3, -0.25) is 4.98 Å². The summed E-state index contributed by atoms with van der Waals surface area (Å²) in [5.74, 6) is -0.605. The van der Waals surface area contributed by atoms with E-state index in [1.165, 1.54) is 24.3 Å². The van der Waals surface area contributed by atoms with E-state index < -0.39 is 0 Å². The van der Waals surface area contributed by atoms with E-state index in [1.807, 2.05) is 41.1 Å². The minimum absolute atomic E-state index is 0.298. The molecule has 0 unspecified atom stereocenters. The van der Waals surface area contributed by atoms with Crippen LogP contribution in [0, 0.1) is 11.6 Å². The summed E-state index contributed by atoms with van der Waals surface area (Å²) in [5, 5.41) is 7.01. The lowest BCUT2D eigenvalue weighted by Crippen LogP contribution is -1.97. The molecule has 3 nitrogen and oxygen atoms in total. The lowest BCUT2D eigenvalue weighted by Gasteiger charge is -2.13. The Morgan fingerprint density at radius 1 is 0.676 bits per heavy atom. The van der Waals surface area contributed by atoms with E-state index in [9.17, 15) is 8.78 Å². The summed E-state index contributed by atoms with van der Waals surface area (Å²) in [6.45, 7) is 0. The second kappa shape index (κ2) is 8.04. The van der Waals surface area contributed by atoms with Crippen LogP contribution in [0.25, 0.3) is 49.7 Å². The average molecular weight is 468 g/mol. The minimum Gasteiger partial charge on any atom is -0.255 e. The quantitative estimate of drug-likeness (QED) is 0.265.